The lowest BCUT2D eigenvalue weighted by Crippen LogP contribution is -2.24. The predicted octanol–water partition coefficient (Wildman–Crippen LogP) is 1.13. The maximum Gasteiger partial charge on any atom is 0.222 e. The number of benzene rings is 1. The van der Waals surface area contributed by atoms with Gasteiger partial charge in [-0.05, 0) is 30.2 Å². The second kappa shape index (κ2) is 6.26. The lowest BCUT2D eigenvalue weighted by molar-refractivity contribution is -0.128. The smallest absolute Gasteiger partial charge is 0.222 e. The molecule has 1 heterocycles. The third kappa shape index (κ3) is 3.27. The minimum Gasteiger partial charge on any atom is -0.497 e. The number of nitrogens with zero attached hydrogens (tertiary/aromatic N) is 1. The van der Waals surface area contributed by atoms with Gasteiger partial charge < -0.3 is 15.4 Å². The number of carbonyl (C=O) groups is 1. The molecule has 1 saturated heterocycles. The Kier molecular flexibility index (Phi) is 4.43. The zero-order valence-corrected chi connectivity index (χ0v) is 11.1. The van der Waals surface area contributed by atoms with E-state index in [9.17, 15) is 4.79 Å². The molecule has 0 radical (unpaired) electrons. The summed E-state index contributed by atoms with van der Waals surface area (Å²) in [6, 6.07) is 5.72. The van der Waals surface area contributed by atoms with Crippen LogP contribution >= 0.6 is 0 Å². The molecule has 0 atom stereocenters. The fraction of sp³-hybridized carbons (Fsp3) is 0.400. The maximum absolute atomic E-state index is 11.7. The van der Waals surface area contributed by atoms with Gasteiger partial charge in [0.15, 0.2) is 0 Å². The minimum absolute atomic E-state index is 0.209. The van der Waals surface area contributed by atoms with Gasteiger partial charge in [0.05, 0.1) is 13.7 Å². The predicted molar refractivity (Wildman–Crippen MR) is 73.6 cm³/mol. The summed E-state index contributed by atoms with van der Waals surface area (Å²) >= 11 is 0. The van der Waals surface area contributed by atoms with Crippen molar-refractivity contribution in [3.63, 3.8) is 0 Å². The first-order valence-electron chi connectivity index (χ1n) is 6.38. The Morgan fingerprint density at radius 2 is 2.32 bits per heavy atom. The van der Waals surface area contributed by atoms with Crippen molar-refractivity contribution < 1.29 is 9.53 Å². The van der Waals surface area contributed by atoms with Gasteiger partial charge in [0.1, 0.15) is 5.75 Å². The second-order valence-electron chi connectivity index (χ2n) is 4.45. The highest BCUT2D eigenvalue weighted by Gasteiger charge is 2.21. The van der Waals surface area contributed by atoms with Crippen LogP contribution < -0.4 is 10.5 Å². The Balaban J connectivity index is 2.26. The number of carbonyl (C=O) groups excluding carboxylic acids is 1. The summed E-state index contributed by atoms with van der Waals surface area (Å²) in [6.45, 7) is 1.73. The van der Waals surface area contributed by atoms with Crippen molar-refractivity contribution in [2.24, 2.45) is 5.73 Å². The molecule has 1 amide bonds. The first-order chi connectivity index (χ1) is 9.24. The quantitative estimate of drug-likeness (QED) is 0.827. The van der Waals surface area contributed by atoms with Crippen LogP contribution in [0.2, 0.25) is 0 Å². The van der Waals surface area contributed by atoms with Gasteiger partial charge in [-0.1, -0.05) is 11.8 Å². The van der Waals surface area contributed by atoms with Gasteiger partial charge in [-0.15, -0.1) is 0 Å². The molecule has 1 aliphatic heterocycles. The standard InChI is InChI=1S/C15H18N2O2/c1-19-14-7-6-12(4-2-8-16)13(10-14)11-17-9-3-5-15(17)18/h6-7,10H,3,5,8-9,11,16H2,1H3. The molecule has 0 unspecified atom stereocenters. The van der Waals surface area contributed by atoms with Gasteiger partial charge in [0.25, 0.3) is 0 Å². The Labute approximate surface area is 113 Å². The highest BCUT2D eigenvalue weighted by atomic mass is 16.5. The number of hydrogen-bond acceptors (Lipinski definition) is 3. The average Bonchev–Trinajstić information content (AvgIpc) is 2.83. The van der Waals surface area contributed by atoms with Crippen molar-refractivity contribution in [2.45, 2.75) is 19.4 Å². The molecule has 0 aliphatic carbocycles. The highest BCUT2D eigenvalue weighted by Crippen LogP contribution is 2.21. The van der Waals surface area contributed by atoms with E-state index in [4.69, 9.17) is 10.5 Å². The van der Waals surface area contributed by atoms with E-state index in [0.717, 1.165) is 29.8 Å². The Morgan fingerprint density at radius 3 is 2.95 bits per heavy atom. The Bertz CT molecular complexity index is 529. The van der Waals surface area contributed by atoms with Gasteiger partial charge in [-0.3, -0.25) is 4.79 Å². The van der Waals surface area contributed by atoms with E-state index in [1.165, 1.54) is 0 Å². The second-order valence-corrected chi connectivity index (χ2v) is 4.45. The van der Waals surface area contributed by atoms with E-state index in [1.807, 2.05) is 23.1 Å². The number of amides is 1. The highest BCUT2D eigenvalue weighted by molar-refractivity contribution is 5.78. The van der Waals surface area contributed by atoms with Gasteiger partial charge in [-0.2, -0.15) is 0 Å². The van der Waals surface area contributed by atoms with Crippen molar-refractivity contribution in [1.82, 2.24) is 4.90 Å². The Hall–Kier alpha value is -1.99. The number of rotatable bonds is 3. The zero-order valence-electron chi connectivity index (χ0n) is 11.1. The van der Waals surface area contributed by atoms with E-state index in [2.05, 4.69) is 11.8 Å². The van der Waals surface area contributed by atoms with Gasteiger partial charge in [0.2, 0.25) is 5.91 Å². The molecule has 0 saturated carbocycles. The van der Waals surface area contributed by atoms with Crippen molar-refractivity contribution in [1.29, 1.82) is 0 Å². The summed E-state index contributed by atoms with van der Waals surface area (Å²) in [5.74, 6) is 6.88. The first-order valence-corrected chi connectivity index (χ1v) is 6.38. The van der Waals surface area contributed by atoms with Gasteiger partial charge in [-0.25, -0.2) is 0 Å². The SMILES string of the molecule is COc1ccc(C#CCN)c(CN2CCCC2=O)c1. The molecule has 1 aromatic rings. The van der Waals surface area contributed by atoms with E-state index in [-0.39, 0.29) is 5.91 Å². The summed E-state index contributed by atoms with van der Waals surface area (Å²) in [5, 5.41) is 0. The molecular weight excluding hydrogens is 240 g/mol. The summed E-state index contributed by atoms with van der Waals surface area (Å²) in [7, 11) is 1.63. The fourth-order valence-corrected chi connectivity index (χ4v) is 2.17. The monoisotopic (exact) mass is 258 g/mol. The lowest BCUT2D eigenvalue weighted by atomic mass is 10.1. The molecule has 0 aromatic heterocycles. The summed E-state index contributed by atoms with van der Waals surface area (Å²) in [6.07, 6.45) is 1.58. The van der Waals surface area contributed by atoms with Gasteiger partial charge >= 0.3 is 0 Å². The van der Waals surface area contributed by atoms with E-state index < -0.39 is 0 Å². The minimum atomic E-state index is 0.209. The summed E-state index contributed by atoms with van der Waals surface area (Å²) < 4.78 is 5.23. The molecule has 0 bridgehead atoms. The molecule has 4 nitrogen and oxygen atoms in total. The van der Waals surface area contributed by atoms with Crippen LogP contribution in [0, 0.1) is 11.8 Å². The largest absolute Gasteiger partial charge is 0.497 e. The van der Waals surface area contributed by atoms with E-state index in [0.29, 0.717) is 19.5 Å². The van der Waals surface area contributed by atoms with Crippen LogP contribution in [0.1, 0.15) is 24.0 Å². The molecule has 4 heteroatoms. The number of hydrogen-bond donors (Lipinski definition) is 1. The molecule has 100 valence electrons. The van der Waals surface area contributed by atoms with Crippen molar-refractivity contribution in [3.05, 3.63) is 29.3 Å². The third-order valence-corrected chi connectivity index (χ3v) is 3.17. The molecule has 0 spiro atoms. The topological polar surface area (TPSA) is 55.6 Å². The molecular formula is C15H18N2O2. The molecule has 2 N–H and O–H groups in total. The van der Waals surface area contributed by atoms with Crippen LogP contribution in [-0.4, -0.2) is 31.0 Å². The van der Waals surface area contributed by atoms with Crippen LogP contribution in [0.25, 0.3) is 0 Å². The van der Waals surface area contributed by atoms with E-state index >= 15 is 0 Å². The normalized spacial score (nSPS) is 14.2. The lowest BCUT2D eigenvalue weighted by Gasteiger charge is -2.17. The van der Waals surface area contributed by atoms with Gasteiger partial charge in [0, 0.05) is 25.1 Å². The number of likely N-dealkylation sites (tertiary alicyclic amines) is 1. The molecule has 19 heavy (non-hydrogen) atoms. The number of methoxy groups -OCH3 is 1. The van der Waals surface area contributed by atoms with Crippen LogP contribution in [0.5, 0.6) is 5.75 Å². The average molecular weight is 258 g/mol. The first kappa shape index (κ1) is 13.4. The van der Waals surface area contributed by atoms with Crippen molar-refractivity contribution in [3.8, 4) is 17.6 Å². The maximum atomic E-state index is 11.7. The molecule has 1 aliphatic rings. The van der Waals surface area contributed by atoms with E-state index in [1.54, 1.807) is 7.11 Å². The van der Waals surface area contributed by atoms with Crippen molar-refractivity contribution in [2.75, 3.05) is 20.2 Å². The molecule has 1 aromatic carbocycles. The fourth-order valence-electron chi connectivity index (χ4n) is 2.17. The van der Waals surface area contributed by atoms with Crippen LogP contribution in [0.3, 0.4) is 0 Å². The molecule has 2 rings (SSSR count). The zero-order chi connectivity index (χ0) is 13.7. The van der Waals surface area contributed by atoms with Crippen molar-refractivity contribution >= 4 is 5.91 Å². The summed E-state index contributed by atoms with van der Waals surface area (Å²) in [5.41, 5.74) is 7.32. The third-order valence-electron chi connectivity index (χ3n) is 3.17. The Morgan fingerprint density at radius 1 is 1.47 bits per heavy atom. The summed E-state index contributed by atoms with van der Waals surface area (Å²) in [4.78, 5) is 13.6. The number of ether oxygens (including phenoxy) is 1. The van der Waals surface area contributed by atoms with Crippen LogP contribution in [0.4, 0.5) is 0 Å². The van der Waals surface area contributed by atoms with Crippen LogP contribution in [-0.2, 0) is 11.3 Å². The van der Waals surface area contributed by atoms with Crippen LogP contribution in [0.15, 0.2) is 18.2 Å². The molecule has 1 fully saturated rings. The number of nitrogens with two attached hydrogens (primary N) is 1.